The number of rotatable bonds is 6. The topological polar surface area (TPSA) is 55.6 Å². The molecule has 0 aliphatic rings. The van der Waals surface area contributed by atoms with Crippen LogP contribution in [0.5, 0.6) is 0 Å². The summed E-state index contributed by atoms with van der Waals surface area (Å²) in [4.78, 5) is 1.53. The van der Waals surface area contributed by atoms with Crippen LogP contribution in [0.4, 0.5) is 0 Å². The third kappa shape index (κ3) is 2.95. The molecule has 0 saturated carbocycles. The fraction of sp³-hybridized carbons (Fsp3) is 0.316. The molecular formula is C19H23N5. The molecule has 3 rings (SSSR count). The first-order chi connectivity index (χ1) is 11.7. The van der Waals surface area contributed by atoms with Crippen LogP contribution in [0.25, 0.3) is 0 Å². The van der Waals surface area contributed by atoms with Gasteiger partial charge in [-0.15, -0.1) is 10.2 Å². The zero-order valence-corrected chi connectivity index (χ0v) is 14.3. The number of hydrogen-bond donors (Lipinski definition) is 1. The minimum atomic E-state index is -0.445. The number of aromatic nitrogens is 4. The van der Waals surface area contributed by atoms with Crippen molar-refractivity contribution in [3.05, 3.63) is 77.6 Å². The SMILES string of the molecule is CN[C@H](C)CC(c1ccccc1)(c1ccccc1)c1nnn(C)n1. The minimum absolute atomic E-state index is 0.286. The van der Waals surface area contributed by atoms with E-state index in [4.69, 9.17) is 0 Å². The van der Waals surface area contributed by atoms with E-state index in [0.29, 0.717) is 0 Å². The van der Waals surface area contributed by atoms with E-state index < -0.39 is 5.41 Å². The molecule has 0 unspecified atom stereocenters. The van der Waals surface area contributed by atoms with Crippen molar-refractivity contribution in [1.82, 2.24) is 25.5 Å². The highest BCUT2D eigenvalue weighted by atomic mass is 15.6. The molecule has 1 N–H and O–H groups in total. The number of hydrogen-bond acceptors (Lipinski definition) is 4. The Morgan fingerprint density at radius 2 is 1.54 bits per heavy atom. The lowest BCUT2D eigenvalue weighted by Gasteiger charge is -2.34. The third-order valence-corrected chi connectivity index (χ3v) is 4.53. The summed E-state index contributed by atoms with van der Waals surface area (Å²) in [5.41, 5.74) is 1.90. The van der Waals surface area contributed by atoms with Gasteiger partial charge >= 0.3 is 0 Å². The molecule has 0 aliphatic carbocycles. The maximum Gasteiger partial charge on any atom is 0.189 e. The van der Waals surface area contributed by atoms with Gasteiger partial charge in [-0.1, -0.05) is 60.7 Å². The minimum Gasteiger partial charge on any atom is -0.317 e. The van der Waals surface area contributed by atoms with Crippen LogP contribution in [-0.2, 0) is 12.5 Å². The highest BCUT2D eigenvalue weighted by Gasteiger charge is 2.41. The predicted octanol–water partition coefficient (Wildman–Crippen LogP) is 2.54. The molecule has 1 atom stereocenters. The lowest BCUT2D eigenvalue weighted by Crippen LogP contribution is -2.38. The molecule has 0 bridgehead atoms. The maximum atomic E-state index is 4.59. The molecule has 5 heteroatoms. The van der Waals surface area contributed by atoms with Crippen molar-refractivity contribution in [3.63, 3.8) is 0 Å². The van der Waals surface area contributed by atoms with Crippen LogP contribution in [0, 0.1) is 0 Å². The van der Waals surface area contributed by atoms with Crippen LogP contribution in [-0.4, -0.2) is 33.3 Å². The summed E-state index contributed by atoms with van der Waals surface area (Å²) in [5, 5.41) is 16.4. The highest BCUT2D eigenvalue weighted by molar-refractivity contribution is 5.45. The van der Waals surface area contributed by atoms with Gasteiger partial charge in [0.25, 0.3) is 0 Å². The summed E-state index contributed by atoms with van der Waals surface area (Å²) in [6.45, 7) is 2.18. The molecule has 124 valence electrons. The molecule has 2 aromatic carbocycles. The second-order valence-corrected chi connectivity index (χ2v) is 6.13. The van der Waals surface area contributed by atoms with Crippen molar-refractivity contribution < 1.29 is 0 Å². The molecule has 1 heterocycles. The van der Waals surface area contributed by atoms with E-state index in [1.54, 1.807) is 7.05 Å². The fourth-order valence-electron chi connectivity index (χ4n) is 3.21. The van der Waals surface area contributed by atoms with Crippen molar-refractivity contribution in [2.24, 2.45) is 7.05 Å². The zero-order chi connectivity index (χ0) is 17.0. The van der Waals surface area contributed by atoms with Gasteiger partial charge in [-0.2, -0.15) is 4.80 Å². The Kier molecular flexibility index (Phi) is 4.71. The monoisotopic (exact) mass is 321 g/mol. The molecule has 0 spiro atoms. The second-order valence-electron chi connectivity index (χ2n) is 6.13. The molecule has 24 heavy (non-hydrogen) atoms. The second kappa shape index (κ2) is 6.93. The van der Waals surface area contributed by atoms with Gasteiger partial charge in [-0.05, 0) is 36.7 Å². The largest absolute Gasteiger partial charge is 0.317 e. The van der Waals surface area contributed by atoms with Crippen molar-refractivity contribution in [2.75, 3.05) is 7.05 Å². The van der Waals surface area contributed by atoms with Crippen molar-refractivity contribution in [2.45, 2.75) is 24.8 Å². The zero-order valence-electron chi connectivity index (χ0n) is 14.3. The average molecular weight is 321 g/mol. The van der Waals surface area contributed by atoms with Crippen molar-refractivity contribution in [1.29, 1.82) is 0 Å². The van der Waals surface area contributed by atoms with Crippen molar-refractivity contribution >= 4 is 0 Å². The molecule has 1 aromatic heterocycles. The first-order valence-electron chi connectivity index (χ1n) is 8.19. The van der Waals surface area contributed by atoms with Gasteiger partial charge in [0.15, 0.2) is 5.82 Å². The highest BCUT2D eigenvalue weighted by Crippen LogP contribution is 2.41. The van der Waals surface area contributed by atoms with Crippen LogP contribution in [0.15, 0.2) is 60.7 Å². The molecule has 0 radical (unpaired) electrons. The normalized spacial score (nSPS) is 13.0. The number of benzene rings is 2. The molecular weight excluding hydrogens is 298 g/mol. The summed E-state index contributed by atoms with van der Waals surface area (Å²) in [6.07, 6.45) is 0.837. The maximum absolute atomic E-state index is 4.59. The summed E-state index contributed by atoms with van der Waals surface area (Å²) >= 11 is 0. The van der Waals surface area contributed by atoms with E-state index in [9.17, 15) is 0 Å². The molecule has 0 amide bonds. The van der Waals surface area contributed by atoms with Crippen LogP contribution >= 0.6 is 0 Å². The van der Waals surface area contributed by atoms with Gasteiger partial charge < -0.3 is 5.32 Å². The standard InChI is InChI=1S/C19H23N5/c1-15(20-2)14-19(16-10-6-4-7-11-16,17-12-8-5-9-13-17)18-21-23-24(3)22-18/h4-13,15,20H,14H2,1-3H3/t15-/m1/s1. The fourth-order valence-corrected chi connectivity index (χ4v) is 3.21. The molecule has 0 fully saturated rings. The van der Waals surface area contributed by atoms with E-state index in [1.807, 2.05) is 19.2 Å². The summed E-state index contributed by atoms with van der Waals surface area (Å²) < 4.78 is 0. The van der Waals surface area contributed by atoms with Crippen LogP contribution < -0.4 is 5.32 Å². The predicted molar refractivity (Wildman–Crippen MR) is 94.7 cm³/mol. The quantitative estimate of drug-likeness (QED) is 0.758. The molecule has 3 aromatic rings. The first kappa shape index (κ1) is 16.3. The van der Waals surface area contributed by atoms with Crippen LogP contribution in [0.1, 0.15) is 30.3 Å². The van der Waals surface area contributed by atoms with Gasteiger partial charge in [0.2, 0.25) is 0 Å². The van der Waals surface area contributed by atoms with Gasteiger partial charge in [0.1, 0.15) is 0 Å². The van der Waals surface area contributed by atoms with E-state index >= 15 is 0 Å². The number of nitrogens with one attached hydrogen (secondary N) is 1. The van der Waals surface area contributed by atoms with Gasteiger partial charge in [0.05, 0.1) is 12.5 Å². The Bertz CT molecular complexity index is 727. The van der Waals surface area contributed by atoms with Gasteiger partial charge in [-0.25, -0.2) is 0 Å². The van der Waals surface area contributed by atoms with Gasteiger partial charge in [0, 0.05) is 6.04 Å². The van der Waals surface area contributed by atoms with Crippen LogP contribution in [0.2, 0.25) is 0 Å². The third-order valence-electron chi connectivity index (χ3n) is 4.53. The summed E-state index contributed by atoms with van der Waals surface area (Å²) in [6, 6.07) is 21.2. The van der Waals surface area contributed by atoms with Crippen molar-refractivity contribution in [3.8, 4) is 0 Å². The van der Waals surface area contributed by atoms with E-state index in [0.717, 1.165) is 12.2 Å². The number of nitrogens with zero attached hydrogens (tertiary/aromatic N) is 4. The van der Waals surface area contributed by atoms with E-state index in [-0.39, 0.29) is 6.04 Å². The van der Waals surface area contributed by atoms with Gasteiger partial charge in [-0.3, -0.25) is 0 Å². The van der Waals surface area contributed by atoms with Crippen LogP contribution in [0.3, 0.4) is 0 Å². The Morgan fingerprint density at radius 1 is 1.00 bits per heavy atom. The Balaban J connectivity index is 2.27. The Labute approximate surface area is 142 Å². The first-order valence-corrected chi connectivity index (χ1v) is 8.19. The summed E-state index contributed by atoms with van der Waals surface area (Å²) in [7, 11) is 3.79. The lowest BCUT2D eigenvalue weighted by molar-refractivity contribution is 0.436. The Morgan fingerprint density at radius 3 is 1.96 bits per heavy atom. The molecule has 0 aliphatic heterocycles. The average Bonchev–Trinajstić information content (AvgIpc) is 3.07. The molecule has 5 nitrogen and oxygen atoms in total. The Hall–Kier alpha value is -2.53. The number of aryl methyl sites for hydroxylation is 1. The smallest absolute Gasteiger partial charge is 0.189 e. The van der Waals surface area contributed by atoms with E-state index in [2.05, 4.69) is 76.2 Å². The number of tetrazole rings is 1. The molecule has 0 saturated heterocycles. The lowest BCUT2D eigenvalue weighted by atomic mass is 9.70. The summed E-state index contributed by atoms with van der Waals surface area (Å²) in [5.74, 6) is 0.726. The van der Waals surface area contributed by atoms with E-state index in [1.165, 1.54) is 15.9 Å².